The lowest BCUT2D eigenvalue weighted by molar-refractivity contribution is -0.811. The SMILES string of the molecule is C[N+]1(C)N=C([O-])N(c2ccccc2[N+](=O)[O-])C1=O. The lowest BCUT2D eigenvalue weighted by Crippen LogP contribution is -2.46. The number of carbonyl (C=O) groups is 1. The molecular formula is C10H10N4O4. The van der Waals surface area contributed by atoms with Gasteiger partial charge in [0.15, 0.2) is 0 Å². The molecule has 1 aromatic rings. The Kier molecular flexibility index (Phi) is 2.51. The van der Waals surface area contributed by atoms with Gasteiger partial charge in [-0.3, -0.25) is 10.1 Å². The average molecular weight is 250 g/mol. The van der Waals surface area contributed by atoms with Crippen LogP contribution >= 0.6 is 0 Å². The van der Waals surface area contributed by atoms with Gasteiger partial charge >= 0.3 is 6.03 Å². The maximum Gasteiger partial charge on any atom is 0.454 e. The molecule has 0 saturated heterocycles. The van der Waals surface area contributed by atoms with Gasteiger partial charge in [-0.1, -0.05) is 17.2 Å². The Bertz CT molecular complexity index is 567. The number of para-hydroxylation sites is 2. The molecule has 1 aliphatic rings. The molecular weight excluding hydrogens is 240 g/mol. The van der Waals surface area contributed by atoms with Crippen LogP contribution in [0, 0.1) is 10.1 Å². The maximum atomic E-state index is 12.0. The number of nitro benzene ring substituents is 1. The van der Waals surface area contributed by atoms with E-state index in [1.54, 1.807) is 0 Å². The van der Waals surface area contributed by atoms with Crippen LogP contribution in [0.15, 0.2) is 29.4 Å². The van der Waals surface area contributed by atoms with Gasteiger partial charge in [0.2, 0.25) is 0 Å². The van der Waals surface area contributed by atoms with E-state index in [4.69, 9.17) is 0 Å². The third-order valence-corrected chi connectivity index (χ3v) is 2.51. The molecule has 1 heterocycles. The quantitative estimate of drug-likeness (QED) is 0.426. The first-order chi connectivity index (χ1) is 8.34. The molecule has 0 atom stereocenters. The molecule has 8 heteroatoms. The Balaban J connectivity index is 2.55. The Morgan fingerprint density at radius 2 is 1.94 bits per heavy atom. The van der Waals surface area contributed by atoms with E-state index < -0.39 is 21.6 Å². The summed E-state index contributed by atoms with van der Waals surface area (Å²) in [6.45, 7) is 0. The highest BCUT2D eigenvalue weighted by Crippen LogP contribution is 2.31. The van der Waals surface area contributed by atoms with Gasteiger partial charge in [-0.05, 0) is 6.07 Å². The predicted molar refractivity (Wildman–Crippen MR) is 60.5 cm³/mol. The Hall–Kier alpha value is -2.48. The molecule has 0 radical (unpaired) electrons. The summed E-state index contributed by atoms with van der Waals surface area (Å²) in [5.41, 5.74) is -0.374. The third kappa shape index (κ3) is 1.68. The molecule has 0 saturated carbocycles. The number of benzene rings is 1. The van der Waals surface area contributed by atoms with Crippen LogP contribution in [0.4, 0.5) is 16.2 Å². The van der Waals surface area contributed by atoms with Crippen molar-refractivity contribution in [2.45, 2.75) is 0 Å². The van der Waals surface area contributed by atoms with Gasteiger partial charge in [0.25, 0.3) is 5.69 Å². The molecule has 0 N–H and O–H groups in total. The maximum absolute atomic E-state index is 12.0. The van der Waals surface area contributed by atoms with Crippen molar-refractivity contribution in [3.63, 3.8) is 0 Å². The number of quaternary nitrogens is 1. The number of hydrogen-bond acceptors (Lipinski definition) is 5. The van der Waals surface area contributed by atoms with Gasteiger partial charge in [-0.25, -0.2) is 9.69 Å². The molecule has 8 nitrogen and oxygen atoms in total. The highest BCUT2D eigenvalue weighted by molar-refractivity contribution is 6.13. The van der Waals surface area contributed by atoms with Crippen molar-refractivity contribution in [2.24, 2.45) is 5.10 Å². The van der Waals surface area contributed by atoms with E-state index in [0.717, 1.165) is 4.90 Å². The van der Waals surface area contributed by atoms with Crippen molar-refractivity contribution in [3.05, 3.63) is 34.4 Å². The summed E-state index contributed by atoms with van der Waals surface area (Å²) in [4.78, 5) is 22.9. The molecule has 0 spiro atoms. The second-order valence-electron chi connectivity index (χ2n) is 4.14. The van der Waals surface area contributed by atoms with E-state index in [2.05, 4.69) is 5.10 Å². The van der Waals surface area contributed by atoms with Crippen molar-refractivity contribution >= 4 is 23.4 Å². The van der Waals surface area contributed by atoms with Gasteiger partial charge in [-0.2, -0.15) is 0 Å². The minimum Gasteiger partial charge on any atom is -0.842 e. The number of nitro groups is 1. The van der Waals surface area contributed by atoms with Gasteiger partial charge in [-0.15, -0.1) is 4.59 Å². The monoisotopic (exact) mass is 250 g/mol. The average Bonchev–Trinajstić information content (AvgIpc) is 2.48. The first kappa shape index (κ1) is 12.0. The summed E-state index contributed by atoms with van der Waals surface area (Å²) in [5, 5.41) is 26.2. The van der Waals surface area contributed by atoms with Crippen LogP contribution in [0.3, 0.4) is 0 Å². The zero-order valence-corrected chi connectivity index (χ0v) is 9.73. The summed E-state index contributed by atoms with van der Waals surface area (Å²) in [5.74, 6) is 0. The Morgan fingerprint density at radius 3 is 2.44 bits per heavy atom. The fourth-order valence-electron chi connectivity index (χ4n) is 1.64. The van der Waals surface area contributed by atoms with Gasteiger partial charge in [0.1, 0.15) is 25.8 Å². The van der Waals surface area contributed by atoms with Crippen LogP contribution in [0.5, 0.6) is 0 Å². The van der Waals surface area contributed by atoms with Crippen molar-refractivity contribution in [1.82, 2.24) is 0 Å². The molecule has 2 amide bonds. The number of urea groups is 1. The number of amides is 2. The largest absolute Gasteiger partial charge is 0.842 e. The second kappa shape index (κ2) is 3.77. The zero-order chi connectivity index (χ0) is 13.5. The summed E-state index contributed by atoms with van der Waals surface area (Å²) in [7, 11) is 2.85. The fraction of sp³-hybridized carbons (Fsp3) is 0.200. The second-order valence-corrected chi connectivity index (χ2v) is 4.14. The lowest BCUT2D eigenvalue weighted by Gasteiger charge is -2.19. The topological polar surface area (TPSA) is 98.9 Å². The van der Waals surface area contributed by atoms with Crippen molar-refractivity contribution < 1.29 is 19.4 Å². The molecule has 0 bridgehead atoms. The summed E-state index contributed by atoms with van der Waals surface area (Å²) in [6, 6.07) is 4.11. The number of amidine groups is 1. The summed E-state index contributed by atoms with van der Waals surface area (Å²) >= 11 is 0. The van der Waals surface area contributed by atoms with Crippen molar-refractivity contribution in [3.8, 4) is 0 Å². The van der Waals surface area contributed by atoms with E-state index in [9.17, 15) is 20.0 Å². The fourth-order valence-corrected chi connectivity index (χ4v) is 1.64. The molecule has 94 valence electrons. The number of hydrogen-bond donors (Lipinski definition) is 0. The zero-order valence-electron chi connectivity index (χ0n) is 9.73. The molecule has 1 aromatic carbocycles. The first-order valence-electron chi connectivity index (χ1n) is 5.04. The summed E-state index contributed by atoms with van der Waals surface area (Å²) in [6.07, 6.45) is 0. The van der Waals surface area contributed by atoms with Crippen LogP contribution < -0.4 is 10.0 Å². The lowest BCUT2D eigenvalue weighted by atomic mass is 10.2. The van der Waals surface area contributed by atoms with Crippen LogP contribution in [0.1, 0.15) is 0 Å². The van der Waals surface area contributed by atoms with E-state index in [0.29, 0.717) is 0 Å². The van der Waals surface area contributed by atoms with E-state index in [-0.39, 0.29) is 11.4 Å². The van der Waals surface area contributed by atoms with Crippen LogP contribution in [0.2, 0.25) is 0 Å². The summed E-state index contributed by atoms with van der Waals surface area (Å²) < 4.78 is -0.509. The number of nitrogens with zero attached hydrogens (tertiary/aromatic N) is 4. The molecule has 1 aliphatic heterocycles. The number of rotatable bonds is 2. The first-order valence-corrected chi connectivity index (χ1v) is 5.04. The van der Waals surface area contributed by atoms with E-state index in [1.165, 1.54) is 38.4 Å². The van der Waals surface area contributed by atoms with Gasteiger partial charge in [0, 0.05) is 6.07 Å². The Labute approximate surface area is 102 Å². The Morgan fingerprint density at radius 1 is 1.33 bits per heavy atom. The number of anilines is 1. The molecule has 0 fully saturated rings. The van der Waals surface area contributed by atoms with Crippen LogP contribution in [0.25, 0.3) is 0 Å². The van der Waals surface area contributed by atoms with E-state index in [1.807, 2.05) is 0 Å². The minimum absolute atomic E-state index is 0.0649. The normalized spacial score (nSPS) is 17.8. The predicted octanol–water partition coefficient (Wildman–Crippen LogP) is 0.243. The highest BCUT2D eigenvalue weighted by Gasteiger charge is 2.42. The molecule has 0 aromatic heterocycles. The van der Waals surface area contributed by atoms with Crippen LogP contribution in [-0.4, -0.2) is 35.7 Å². The van der Waals surface area contributed by atoms with Crippen molar-refractivity contribution in [1.29, 1.82) is 0 Å². The standard InChI is InChI=1S/C10H10N4O4/c1-14(2)10(16)12(9(15)11-14)7-5-3-4-6-8(7)13(17)18/h3-6H,1-2H3. The molecule has 0 aliphatic carbocycles. The highest BCUT2D eigenvalue weighted by atomic mass is 16.6. The smallest absolute Gasteiger partial charge is 0.454 e. The molecule has 2 rings (SSSR count). The van der Waals surface area contributed by atoms with Gasteiger partial charge in [0.05, 0.1) is 4.92 Å². The van der Waals surface area contributed by atoms with Crippen LogP contribution in [-0.2, 0) is 0 Å². The molecule has 0 unspecified atom stereocenters. The number of carbonyl (C=O) groups excluding carboxylic acids is 1. The van der Waals surface area contributed by atoms with Gasteiger partial charge < -0.3 is 5.11 Å². The minimum atomic E-state index is -0.806. The van der Waals surface area contributed by atoms with Crippen molar-refractivity contribution in [2.75, 3.05) is 19.0 Å². The van der Waals surface area contributed by atoms with E-state index >= 15 is 0 Å². The third-order valence-electron chi connectivity index (χ3n) is 2.51. The molecule has 18 heavy (non-hydrogen) atoms.